The van der Waals surface area contributed by atoms with Gasteiger partial charge >= 0.3 is 5.97 Å². The Balaban J connectivity index is 2.09. The highest BCUT2D eigenvalue weighted by atomic mass is 79.9. The zero-order valence-electron chi connectivity index (χ0n) is 12.1. The molecule has 7 heteroatoms. The third-order valence-electron chi connectivity index (χ3n) is 3.55. The van der Waals surface area contributed by atoms with E-state index < -0.39 is 5.97 Å². The molecule has 118 valence electrons. The van der Waals surface area contributed by atoms with Gasteiger partial charge in [0, 0.05) is 28.7 Å². The fourth-order valence-corrected chi connectivity index (χ4v) is 3.02. The highest BCUT2D eigenvalue weighted by molar-refractivity contribution is 9.10. The smallest absolute Gasteiger partial charge is 0.335 e. The van der Waals surface area contributed by atoms with Crippen LogP contribution in [0.4, 0.5) is 0 Å². The maximum absolute atomic E-state index is 11.3. The Morgan fingerprint density at radius 3 is 2.87 bits per heavy atom. The van der Waals surface area contributed by atoms with E-state index in [0.717, 1.165) is 21.1 Å². The number of H-pyrrole nitrogens is 1. The number of hydrogen-bond donors (Lipinski definition) is 2. The zero-order valence-corrected chi connectivity index (χ0v) is 14.4. The number of aromatic carboxylic acids is 1. The van der Waals surface area contributed by atoms with Crippen molar-refractivity contribution >= 4 is 44.5 Å². The number of aromatic nitrogens is 2. The van der Waals surface area contributed by atoms with Crippen LogP contribution < -0.4 is 4.74 Å². The van der Waals surface area contributed by atoms with Gasteiger partial charge in [-0.25, -0.2) is 9.78 Å². The molecule has 0 radical (unpaired) electrons. The van der Waals surface area contributed by atoms with Crippen LogP contribution in [-0.4, -0.2) is 28.2 Å². The van der Waals surface area contributed by atoms with Gasteiger partial charge < -0.3 is 14.8 Å². The minimum absolute atomic E-state index is 0.139. The maximum atomic E-state index is 11.3. The molecule has 0 fully saturated rings. The summed E-state index contributed by atoms with van der Waals surface area (Å²) in [6.45, 7) is 0. The van der Waals surface area contributed by atoms with E-state index >= 15 is 0 Å². The number of rotatable bonds is 4. The van der Waals surface area contributed by atoms with Gasteiger partial charge in [-0.3, -0.25) is 0 Å². The quantitative estimate of drug-likeness (QED) is 0.691. The maximum Gasteiger partial charge on any atom is 0.335 e. The lowest BCUT2D eigenvalue weighted by molar-refractivity contribution is 0.0696. The first-order valence-corrected chi connectivity index (χ1v) is 7.88. The number of carboxylic acid groups (broad SMARTS) is 1. The van der Waals surface area contributed by atoms with Crippen LogP contribution in [0.15, 0.2) is 35.1 Å². The summed E-state index contributed by atoms with van der Waals surface area (Å²) in [7, 11) is 1.46. The van der Waals surface area contributed by atoms with Gasteiger partial charge in [0.15, 0.2) is 0 Å². The molecule has 0 aliphatic rings. The Hall–Kier alpha value is -2.05. The standard InChI is InChI=1S/C16H12BrClN2O3/c1-23-13-4-9(16(21)22)2-8(14(13)18)3-10-6-19-15-12(10)5-11(17)7-20-15/h2,4-7H,3H2,1H3,(H,19,20)(H,21,22). The third kappa shape index (κ3) is 3.04. The van der Waals surface area contributed by atoms with Gasteiger partial charge in [-0.2, -0.15) is 0 Å². The monoisotopic (exact) mass is 394 g/mol. The number of carboxylic acids is 1. The fourth-order valence-electron chi connectivity index (χ4n) is 2.44. The van der Waals surface area contributed by atoms with E-state index in [-0.39, 0.29) is 5.56 Å². The highest BCUT2D eigenvalue weighted by Crippen LogP contribution is 2.33. The zero-order chi connectivity index (χ0) is 16.6. The number of pyridine rings is 1. The first-order valence-electron chi connectivity index (χ1n) is 6.71. The van der Waals surface area contributed by atoms with Crippen LogP contribution in [0.1, 0.15) is 21.5 Å². The predicted molar refractivity (Wildman–Crippen MR) is 91.6 cm³/mol. The fraction of sp³-hybridized carbons (Fsp3) is 0.125. The summed E-state index contributed by atoms with van der Waals surface area (Å²) in [5.74, 6) is -0.676. The van der Waals surface area contributed by atoms with E-state index in [2.05, 4.69) is 25.9 Å². The van der Waals surface area contributed by atoms with E-state index in [1.165, 1.54) is 13.2 Å². The number of hydrogen-bond acceptors (Lipinski definition) is 3. The van der Waals surface area contributed by atoms with Gasteiger partial charge in [0.2, 0.25) is 0 Å². The Labute approximate surface area is 145 Å². The van der Waals surface area contributed by atoms with Crippen LogP contribution in [0.3, 0.4) is 0 Å². The van der Waals surface area contributed by atoms with Gasteiger partial charge in [-0.05, 0) is 45.3 Å². The topological polar surface area (TPSA) is 75.2 Å². The van der Waals surface area contributed by atoms with Crippen LogP contribution in [0.5, 0.6) is 5.75 Å². The Morgan fingerprint density at radius 2 is 2.17 bits per heavy atom. The molecule has 0 atom stereocenters. The van der Waals surface area contributed by atoms with Crippen LogP contribution in [-0.2, 0) is 6.42 Å². The second kappa shape index (κ2) is 6.22. The van der Waals surface area contributed by atoms with E-state index in [9.17, 15) is 9.90 Å². The highest BCUT2D eigenvalue weighted by Gasteiger charge is 2.15. The lowest BCUT2D eigenvalue weighted by Crippen LogP contribution is -2.01. The Bertz CT molecular complexity index is 908. The first-order chi connectivity index (χ1) is 11.0. The molecule has 3 aromatic rings. The van der Waals surface area contributed by atoms with Crippen molar-refractivity contribution in [2.75, 3.05) is 7.11 Å². The van der Waals surface area contributed by atoms with Crippen LogP contribution in [0, 0.1) is 0 Å². The molecule has 23 heavy (non-hydrogen) atoms. The summed E-state index contributed by atoms with van der Waals surface area (Å²) < 4.78 is 6.05. The first kappa shape index (κ1) is 15.8. The molecule has 0 bridgehead atoms. The Kier molecular flexibility index (Phi) is 4.28. The SMILES string of the molecule is COc1cc(C(=O)O)cc(Cc2c[nH]c3ncc(Br)cc23)c1Cl. The van der Waals surface area contributed by atoms with Crippen molar-refractivity contribution in [1.29, 1.82) is 0 Å². The van der Waals surface area contributed by atoms with Crippen molar-refractivity contribution in [2.45, 2.75) is 6.42 Å². The number of methoxy groups -OCH3 is 1. The average Bonchev–Trinajstić information content (AvgIpc) is 2.91. The number of nitrogens with one attached hydrogen (secondary N) is 1. The number of aromatic amines is 1. The molecule has 0 amide bonds. The number of ether oxygens (including phenoxy) is 1. The lowest BCUT2D eigenvalue weighted by Gasteiger charge is -2.10. The number of benzene rings is 1. The normalized spacial score (nSPS) is 10.9. The molecule has 0 aliphatic carbocycles. The van der Waals surface area contributed by atoms with Gasteiger partial charge in [0.05, 0.1) is 17.7 Å². The summed E-state index contributed by atoms with van der Waals surface area (Å²) >= 11 is 9.74. The van der Waals surface area contributed by atoms with Crippen molar-refractivity contribution in [3.8, 4) is 5.75 Å². The number of carbonyl (C=O) groups is 1. The minimum Gasteiger partial charge on any atom is -0.495 e. The molecule has 0 saturated heterocycles. The molecule has 2 heterocycles. The largest absolute Gasteiger partial charge is 0.495 e. The molecular formula is C16H12BrClN2O3. The van der Waals surface area contributed by atoms with Gasteiger partial charge in [-0.15, -0.1) is 0 Å². The van der Waals surface area contributed by atoms with Crippen LogP contribution in [0.2, 0.25) is 5.02 Å². The van der Waals surface area contributed by atoms with Gasteiger partial charge in [-0.1, -0.05) is 11.6 Å². The van der Waals surface area contributed by atoms with E-state index in [1.807, 2.05) is 12.3 Å². The molecule has 3 rings (SSSR count). The molecule has 2 N–H and O–H groups in total. The molecule has 5 nitrogen and oxygen atoms in total. The lowest BCUT2D eigenvalue weighted by atomic mass is 10.0. The average molecular weight is 396 g/mol. The molecule has 0 aliphatic heterocycles. The van der Waals surface area contributed by atoms with Crippen molar-refractivity contribution < 1.29 is 14.6 Å². The molecule has 1 aromatic carbocycles. The summed E-state index contributed by atoms with van der Waals surface area (Å²) in [5, 5.41) is 10.6. The van der Waals surface area contributed by atoms with E-state index in [0.29, 0.717) is 22.8 Å². The number of halogens is 2. The van der Waals surface area contributed by atoms with Crippen molar-refractivity contribution in [2.24, 2.45) is 0 Å². The molecule has 0 saturated carbocycles. The number of nitrogens with zero attached hydrogens (tertiary/aromatic N) is 1. The minimum atomic E-state index is -1.02. The summed E-state index contributed by atoms with van der Waals surface area (Å²) in [5.41, 5.74) is 2.56. The second-order valence-electron chi connectivity index (χ2n) is 5.00. The van der Waals surface area contributed by atoms with E-state index in [4.69, 9.17) is 16.3 Å². The van der Waals surface area contributed by atoms with Crippen LogP contribution in [0.25, 0.3) is 11.0 Å². The third-order valence-corrected chi connectivity index (χ3v) is 4.41. The van der Waals surface area contributed by atoms with Crippen molar-refractivity contribution in [1.82, 2.24) is 9.97 Å². The molecule has 0 spiro atoms. The Morgan fingerprint density at radius 1 is 1.39 bits per heavy atom. The van der Waals surface area contributed by atoms with Gasteiger partial charge in [0.1, 0.15) is 11.4 Å². The predicted octanol–water partition coefficient (Wildman–Crippen LogP) is 4.28. The van der Waals surface area contributed by atoms with Crippen LogP contribution >= 0.6 is 27.5 Å². The summed E-state index contributed by atoms with van der Waals surface area (Å²) in [6.07, 6.45) is 4.03. The molecular weight excluding hydrogens is 384 g/mol. The summed E-state index contributed by atoms with van der Waals surface area (Å²) in [6, 6.07) is 4.94. The molecule has 0 unspecified atom stereocenters. The van der Waals surface area contributed by atoms with Gasteiger partial charge in [0.25, 0.3) is 0 Å². The van der Waals surface area contributed by atoms with E-state index in [1.54, 1.807) is 12.3 Å². The molecule has 2 aromatic heterocycles. The number of fused-ring (bicyclic) bond motifs is 1. The summed E-state index contributed by atoms with van der Waals surface area (Å²) in [4.78, 5) is 18.7. The van der Waals surface area contributed by atoms with Crippen molar-refractivity contribution in [3.05, 3.63) is 56.8 Å². The van der Waals surface area contributed by atoms with Crippen molar-refractivity contribution in [3.63, 3.8) is 0 Å². The second-order valence-corrected chi connectivity index (χ2v) is 6.29.